The van der Waals surface area contributed by atoms with E-state index in [-0.39, 0.29) is 40.8 Å². The second-order valence-electron chi connectivity index (χ2n) is 6.86. The molecule has 0 bridgehead atoms. The Labute approximate surface area is 165 Å². The zero-order valence-corrected chi connectivity index (χ0v) is 16.6. The van der Waals surface area contributed by atoms with Gasteiger partial charge < -0.3 is 14.5 Å². The number of hydrogen-bond donors (Lipinski definition) is 1. The van der Waals surface area contributed by atoms with Crippen LogP contribution in [0.25, 0.3) is 22.6 Å². The van der Waals surface area contributed by atoms with Crippen LogP contribution in [0.5, 0.6) is 0 Å². The number of carbonyl (C=O) groups is 1. The van der Waals surface area contributed by atoms with Gasteiger partial charge in [0, 0.05) is 6.04 Å². The Kier molecular flexibility index (Phi) is 4.57. The average Bonchev–Trinajstić information content (AvgIpc) is 3.19. The number of benzene rings is 1. The number of aryl methyl sites for hydroxylation is 1. The van der Waals surface area contributed by atoms with Crippen molar-refractivity contribution in [2.24, 2.45) is 0 Å². The zero-order valence-electron chi connectivity index (χ0n) is 16.6. The molecule has 0 aliphatic heterocycles. The van der Waals surface area contributed by atoms with Crippen molar-refractivity contribution in [1.29, 1.82) is 0 Å². The van der Waals surface area contributed by atoms with E-state index in [1.165, 1.54) is 4.52 Å². The number of hydrogen-bond acceptors (Lipinski definition) is 7. The molecule has 3 heterocycles. The molecule has 0 aliphatic carbocycles. The number of esters is 1. The lowest BCUT2D eigenvalue weighted by molar-refractivity contribution is 0.0526. The molecule has 1 N–H and O–H groups in total. The van der Waals surface area contributed by atoms with Gasteiger partial charge in [-0.3, -0.25) is 4.79 Å². The third kappa shape index (κ3) is 3.04. The molecule has 150 valence electrons. The van der Waals surface area contributed by atoms with Gasteiger partial charge in [-0.1, -0.05) is 18.2 Å². The lowest BCUT2D eigenvalue weighted by atomic mass is 10.2. The number of anilines is 1. The van der Waals surface area contributed by atoms with Crippen LogP contribution < -0.4 is 10.9 Å². The van der Waals surface area contributed by atoms with E-state index in [0.29, 0.717) is 5.95 Å². The second kappa shape index (κ2) is 7.08. The Hall–Kier alpha value is -3.62. The zero-order chi connectivity index (χ0) is 20.7. The van der Waals surface area contributed by atoms with Gasteiger partial charge in [-0.25, -0.2) is 9.36 Å². The first-order chi connectivity index (χ1) is 13.9. The van der Waals surface area contributed by atoms with E-state index in [1.807, 2.05) is 44.2 Å². The minimum atomic E-state index is -0.620. The molecule has 0 unspecified atom stereocenters. The fourth-order valence-electron chi connectivity index (χ4n) is 3.23. The molecular formula is C20H21N5O4. The molecule has 4 rings (SSSR count). The first-order valence-electron chi connectivity index (χ1n) is 9.36. The van der Waals surface area contributed by atoms with Crippen LogP contribution in [-0.2, 0) is 4.74 Å². The predicted molar refractivity (Wildman–Crippen MR) is 108 cm³/mol. The first-order valence-corrected chi connectivity index (χ1v) is 9.36. The van der Waals surface area contributed by atoms with E-state index < -0.39 is 11.5 Å². The fourth-order valence-corrected chi connectivity index (χ4v) is 3.23. The molecule has 0 aliphatic rings. The number of rotatable bonds is 5. The summed E-state index contributed by atoms with van der Waals surface area (Å²) in [6.45, 7) is 7.43. The van der Waals surface area contributed by atoms with Crippen molar-refractivity contribution in [3.8, 4) is 5.69 Å². The lowest BCUT2D eigenvalue weighted by Gasteiger charge is -2.11. The van der Waals surface area contributed by atoms with Crippen LogP contribution in [0.4, 0.5) is 5.95 Å². The third-order valence-corrected chi connectivity index (χ3v) is 4.38. The number of para-hydroxylation sites is 1. The van der Waals surface area contributed by atoms with Crippen molar-refractivity contribution in [3.05, 3.63) is 52.0 Å². The highest BCUT2D eigenvalue weighted by molar-refractivity contribution is 6.03. The number of carbonyl (C=O) groups excluding carboxylic acids is 1. The number of nitrogens with zero attached hydrogens (tertiary/aromatic N) is 4. The molecule has 4 aromatic rings. The Morgan fingerprint density at radius 3 is 2.66 bits per heavy atom. The minimum Gasteiger partial charge on any atom is -0.462 e. The Bertz CT molecular complexity index is 1270. The molecule has 1 aromatic carbocycles. The molecule has 0 radical (unpaired) electrons. The van der Waals surface area contributed by atoms with E-state index in [9.17, 15) is 9.59 Å². The molecule has 0 fully saturated rings. The largest absolute Gasteiger partial charge is 0.462 e. The van der Waals surface area contributed by atoms with Gasteiger partial charge >= 0.3 is 5.97 Å². The summed E-state index contributed by atoms with van der Waals surface area (Å²) >= 11 is 0. The van der Waals surface area contributed by atoms with Crippen molar-refractivity contribution in [3.63, 3.8) is 0 Å². The summed E-state index contributed by atoms with van der Waals surface area (Å²) in [7, 11) is 0. The number of furan rings is 1. The second-order valence-corrected chi connectivity index (χ2v) is 6.86. The van der Waals surface area contributed by atoms with Gasteiger partial charge in [0.05, 0.1) is 12.3 Å². The summed E-state index contributed by atoms with van der Waals surface area (Å²) < 4.78 is 13.6. The topological polar surface area (TPSA) is 104 Å². The molecule has 29 heavy (non-hydrogen) atoms. The van der Waals surface area contributed by atoms with Crippen molar-refractivity contribution < 1.29 is 13.9 Å². The van der Waals surface area contributed by atoms with E-state index in [1.54, 1.807) is 18.4 Å². The first kappa shape index (κ1) is 18.7. The minimum absolute atomic E-state index is 0.0623. The summed E-state index contributed by atoms with van der Waals surface area (Å²) in [6.07, 6.45) is 0. The van der Waals surface area contributed by atoms with E-state index in [4.69, 9.17) is 9.15 Å². The quantitative estimate of drug-likeness (QED) is 0.518. The van der Waals surface area contributed by atoms with Crippen LogP contribution in [-0.4, -0.2) is 37.8 Å². The standard InChI is InChI=1S/C20H21N5O4/c1-5-28-18(27)14-12(4)29-16-15(14)17(26)25-20(22-16)24(13-9-7-6-8-10-13)19(23-25)21-11(2)3/h6-11H,5H2,1-4H3,(H,21,23). The van der Waals surface area contributed by atoms with Crippen LogP contribution in [0.2, 0.25) is 0 Å². The molecule has 3 aromatic heterocycles. The van der Waals surface area contributed by atoms with Gasteiger partial charge in [-0.05, 0) is 39.8 Å². The maximum Gasteiger partial charge on any atom is 0.342 e. The van der Waals surface area contributed by atoms with Crippen molar-refractivity contribution >= 4 is 28.8 Å². The summed E-state index contributed by atoms with van der Waals surface area (Å²) in [6, 6.07) is 9.53. The molecule has 0 saturated heterocycles. The average molecular weight is 395 g/mol. The number of fused-ring (bicyclic) bond motifs is 2. The van der Waals surface area contributed by atoms with E-state index in [2.05, 4.69) is 15.4 Å². The smallest absolute Gasteiger partial charge is 0.342 e. The molecule has 9 nitrogen and oxygen atoms in total. The highest BCUT2D eigenvalue weighted by Crippen LogP contribution is 2.25. The van der Waals surface area contributed by atoms with Crippen LogP contribution in [0.3, 0.4) is 0 Å². The lowest BCUT2D eigenvalue weighted by Crippen LogP contribution is -2.18. The summed E-state index contributed by atoms with van der Waals surface area (Å²) in [5.74, 6) is 0.396. The molecular weight excluding hydrogens is 374 g/mol. The van der Waals surface area contributed by atoms with Crippen molar-refractivity contribution in [2.75, 3.05) is 11.9 Å². The monoisotopic (exact) mass is 395 g/mol. The van der Waals surface area contributed by atoms with Gasteiger partial charge in [0.1, 0.15) is 16.7 Å². The normalized spacial score (nSPS) is 11.5. The van der Waals surface area contributed by atoms with Crippen LogP contribution in [0.15, 0.2) is 39.5 Å². The Balaban J connectivity index is 2.07. The third-order valence-electron chi connectivity index (χ3n) is 4.38. The number of nitrogens with one attached hydrogen (secondary N) is 1. The van der Waals surface area contributed by atoms with Crippen LogP contribution in [0, 0.1) is 6.92 Å². The highest BCUT2D eigenvalue weighted by atomic mass is 16.5. The molecule has 0 spiro atoms. The van der Waals surface area contributed by atoms with Gasteiger partial charge in [0.25, 0.3) is 5.56 Å². The van der Waals surface area contributed by atoms with E-state index in [0.717, 1.165) is 5.69 Å². The molecule has 0 saturated carbocycles. The van der Waals surface area contributed by atoms with Gasteiger partial charge in [-0.2, -0.15) is 9.50 Å². The maximum absolute atomic E-state index is 13.3. The van der Waals surface area contributed by atoms with Crippen LogP contribution in [0.1, 0.15) is 36.9 Å². The number of aromatic nitrogens is 4. The predicted octanol–water partition coefficient (Wildman–Crippen LogP) is 2.93. The van der Waals surface area contributed by atoms with E-state index >= 15 is 0 Å². The molecule has 0 atom stereocenters. The maximum atomic E-state index is 13.3. The molecule has 9 heteroatoms. The summed E-state index contributed by atoms with van der Waals surface area (Å²) in [5, 5.41) is 7.73. The van der Waals surface area contributed by atoms with Gasteiger partial charge in [0.15, 0.2) is 0 Å². The fraction of sp³-hybridized carbons (Fsp3) is 0.300. The van der Waals surface area contributed by atoms with Crippen molar-refractivity contribution in [2.45, 2.75) is 33.7 Å². The SMILES string of the molecule is CCOC(=O)c1c(C)oc2nc3n(-c4ccccc4)c(NC(C)C)nn3c(=O)c12. The number of ether oxygens (including phenoxy) is 1. The Morgan fingerprint density at radius 1 is 1.28 bits per heavy atom. The van der Waals surface area contributed by atoms with Gasteiger partial charge in [-0.15, -0.1) is 5.10 Å². The molecule has 0 amide bonds. The summed E-state index contributed by atoms with van der Waals surface area (Å²) in [5.41, 5.74) is 0.447. The Morgan fingerprint density at radius 2 is 2.00 bits per heavy atom. The van der Waals surface area contributed by atoms with Gasteiger partial charge in [0.2, 0.25) is 17.4 Å². The summed E-state index contributed by atoms with van der Waals surface area (Å²) in [4.78, 5) is 30.2. The van der Waals surface area contributed by atoms with Crippen LogP contribution >= 0.6 is 0 Å². The highest BCUT2D eigenvalue weighted by Gasteiger charge is 2.27. The van der Waals surface area contributed by atoms with Crippen molar-refractivity contribution in [1.82, 2.24) is 19.2 Å².